The van der Waals surface area contributed by atoms with Crippen LogP contribution in [0.2, 0.25) is 0 Å². The predicted octanol–water partition coefficient (Wildman–Crippen LogP) is -0.715. The van der Waals surface area contributed by atoms with E-state index in [2.05, 4.69) is 0 Å². The van der Waals surface area contributed by atoms with Gasteiger partial charge in [-0.2, -0.15) is 0 Å². The number of carbonyl (C=O) groups is 1. The second-order valence-corrected chi connectivity index (χ2v) is 1.69. The molecule has 3 heteroatoms. The average Bonchev–Trinajstić information content (AvgIpc) is 1.83. The van der Waals surface area contributed by atoms with Crippen molar-refractivity contribution in [3.05, 3.63) is 0 Å². The monoisotopic (exact) mass is 117 g/mol. The molecule has 8 heavy (non-hydrogen) atoms. The van der Waals surface area contributed by atoms with Crippen LogP contribution in [0.1, 0.15) is 12.8 Å². The van der Waals surface area contributed by atoms with Gasteiger partial charge in [-0.05, 0) is 6.42 Å². The Morgan fingerprint density at radius 2 is 2.38 bits per heavy atom. The Hall–Kier alpha value is -0.410. The van der Waals surface area contributed by atoms with Crippen LogP contribution in [0.4, 0.5) is 0 Å². The van der Waals surface area contributed by atoms with Gasteiger partial charge in [-0.25, -0.2) is 0 Å². The van der Waals surface area contributed by atoms with Crippen LogP contribution in [0.5, 0.6) is 0 Å². The fourth-order valence-electron chi connectivity index (χ4n) is 0.373. The van der Waals surface area contributed by atoms with Gasteiger partial charge in [0.2, 0.25) is 0 Å². The average molecular weight is 117 g/mol. The Labute approximate surface area is 48.5 Å². The largest absolute Gasteiger partial charge is 0.395 e. The summed E-state index contributed by atoms with van der Waals surface area (Å²) >= 11 is 0. The highest BCUT2D eigenvalue weighted by molar-refractivity contribution is 5.49. The molecule has 0 rings (SSSR count). The molecule has 0 spiro atoms. The standard InChI is InChI=1S/C5H11NO2/c6-5(4-8)2-1-3-7/h3,5,8H,1-2,4,6H2/t5-/m0/s1. The molecule has 0 fully saturated rings. The first-order valence-corrected chi connectivity index (χ1v) is 2.61. The molecule has 3 nitrogen and oxygen atoms in total. The zero-order chi connectivity index (χ0) is 6.41. The van der Waals surface area contributed by atoms with Gasteiger partial charge < -0.3 is 15.6 Å². The fourth-order valence-corrected chi connectivity index (χ4v) is 0.373. The van der Waals surface area contributed by atoms with Gasteiger partial charge in [-0.1, -0.05) is 0 Å². The van der Waals surface area contributed by atoms with Gasteiger partial charge in [-0.15, -0.1) is 0 Å². The summed E-state index contributed by atoms with van der Waals surface area (Å²) in [6, 6.07) is -0.222. The van der Waals surface area contributed by atoms with Gasteiger partial charge in [0.05, 0.1) is 6.61 Å². The molecule has 0 saturated heterocycles. The normalized spacial score (nSPS) is 13.2. The van der Waals surface area contributed by atoms with Gasteiger partial charge in [0.25, 0.3) is 0 Å². The first-order chi connectivity index (χ1) is 3.81. The Kier molecular flexibility index (Phi) is 4.50. The number of hydrogen-bond donors (Lipinski definition) is 2. The Bertz CT molecular complexity index is 65.4. The molecule has 0 aromatic heterocycles. The molecule has 0 amide bonds. The van der Waals surface area contributed by atoms with E-state index in [1.165, 1.54) is 0 Å². The lowest BCUT2D eigenvalue weighted by molar-refractivity contribution is -0.108. The SMILES string of the molecule is N[C@H](CO)CCC=O. The molecule has 0 aliphatic heterocycles. The van der Waals surface area contributed by atoms with Crippen molar-refractivity contribution < 1.29 is 9.90 Å². The van der Waals surface area contributed by atoms with Crippen LogP contribution in [-0.2, 0) is 4.79 Å². The number of hydrogen-bond acceptors (Lipinski definition) is 3. The maximum atomic E-state index is 9.69. The molecule has 0 unspecified atom stereocenters. The maximum absolute atomic E-state index is 9.69. The van der Waals surface area contributed by atoms with E-state index in [4.69, 9.17) is 10.8 Å². The molecule has 0 bridgehead atoms. The highest BCUT2D eigenvalue weighted by atomic mass is 16.3. The Morgan fingerprint density at radius 1 is 1.75 bits per heavy atom. The first-order valence-electron chi connectivity index (χ1n) is 2.61. The van der Waals surface area contributed by atoms with E-state index in [1.807, 2.05) is 0 Å². The van der Waals surface area contributed by atoms with E-state index >= 15 is 0 Å². The van der Waals surface area contributed by atoms with Crippen LogP contribution in [0.15, 0.2) is 0 Å². The summed E-state index contributed by atoms with van der Waals surface area (Å²) < 4.78 is 0. The summed E-state index contributed by atoms with van der Waals surface area (Å²) in [6.45, 7) is -0.0339. The van der Waals surface area contributed by atoms with E-state index in [0.717, 1.165) is 6.29 Å². The lowest BCUT2D eigenvalue weighted by Crippen LogP contribution is -2.23. The minimum absolute atomic E-state index is 0.0339. The first kappa shape index (κ1) is 7.59. The number of nitrogens with two attached hydrogens (primary N) is 1. The molecule has 0 saturated carbocycles. The summed E-state index contributed by atoms with van der Waals surface area (Å²) in [4.78, 5) is 9.69. The van der Waals surface area contributed by atoms with Crippen molar-refractivity contribution in [1.82, 2.24) is 0 Å². The molecule has 0 aromatic rings. The number of aliphatic hydroxyl groups excluding tert-OH is 1. The van der Waals surface area contributed by atoms with E-state index in [0.29, 0.717) is 12.8 Å². The Morgan fingerprint density at radius 3 is 2.75 bits per heavy atom. The number of aldehydes is 1. The van der Waals surface area contributed by atoms with Crippen LogP contribution in [0, 0.1) is 0 Å². The quantitative estimate of drug-likeness (QED) is 0.478. The summed E-state index contributed by atoms with van der Waals surface area (Å²) in [5.74, 6) is 0. The zero-order valence-electron chi connectivity index (χ0n) is 4.71. The molecule has 1 atom stereocenters. The van der Waals surface area contributed by atoms with E-state index < -0.39 is 0 Å². The van der Waals surface area contributed by atoms with Gasteiger partial charge in [0, 0.05) is 12.5 Å². The van der Waals surface area contributed by atoms with E-state index in [1.54, 1.807) is 0 Å². The highest BCUT2D eigenvalue weighted by Crippen LogP contribution is 1.88. The van der Waals surface area contributed by atoms with Crippen LogP contribution in [0.3, 0.4) is 0 Å². The van der Waals surface area contributed by atoms with Crippen molar-refractivity contribution in [3.63, 3.8) is 0 Å². The van der Waals surface area contributed by atoms with Crippen molar-refractivity contribution in [1.29, 1.82) is 0 Å². The molecule has 0 radical (unpaired) electrons. The predicted molar refractivity (Wildman–Crippen MR) is 30.4 cm³/mol. The summed E-state index contributed by atoms with van der Waals surface area (Å²) in [5.41, 5.74) is 5.25. The number of carbonyl (C=O) groups excluding carboxylic acids is 1. The highest BCUT2D eigenvalue weighted by Gasteiger charge is 1.96. The van der Waals surface area contributed by atoms with Gasteiger partial charge >= 0.3 is 0 Å². The second kappa shape index (κ2) is 4.74. The third kappa shape index (κ3) is 3.77. The lowest BCUT2D eigenvalue weighted by Gasteiger charge is -2.01. The zero-order valence-corrected chi connectivity index (χ0v) is 4.71. The van der Waals surface area contributed by atoms with E-state index in [-0.39, 0.29) is 12.6 Å². The molecule has 0 heterocycles. The third-order valence-electron chi connectivity index (χ3n) is 0.890. The smallest absolute Gasteiger partial charge is 0.120 e. The maximum Gasteiger partial charge on any atom is 0.120 e. The topological polar surface area (TPSA) is 63.3 Å². The third-order valence-corrected chi connectivity index (χ3v) is 0.890. The van der Waals surface area contributed by atoms with E-state index in [9.17, 15) is 4.79 Å². The molecular formula is C5H11NO2. The van der Waals surface area contributed by atoms with Crippen molar-refractivity contribution in [2.45, 2.75) is 18.9 Å². The summed E-state index contributed by atoms with van der Waals surface area (Å²) in [6.07, 6.45) is 1.83. The van der Waals surface area contributed by atoms with Crippen LogP contribution >= 0.6 is 0 Å². The summed E-state index contributed by atoms with van der Waals surface area (Å²) in [5, 5.41) is 8.32. The van der Waals surface area contributed by atoms with Gasteiger partial charge in [0.1, 0.15) is 6.29 Å². The van der Waals surface area contributed by atoms with Crippen molar-refractivity contribution in [2.24, 2.45) is 5.73 Å². The van der Waals surface area contributed by atoms with Gasteiger partial charge in [0.15, 0.2) is 0 Å². The minimum atomic E-state index is -0.222. The van der Waals surface area contributed by atoms with Crippen molar-refractivity contribution in [2.75, 3.05) is 6.61 Å². The van der Waals surface area contributed by atoms with Crippen LogP contribution in [0.25, 0.3) is 0 Å². The second-order valence-electron chi connectivity index (χ2n) is 1.69. The molecule has 0 aromatic carbocycles. The van der Waals surface area contributed by atoms with Crippen molar-refractivity contribution >= 4 is 6.29 Å². The summed E-state index contributed by atoms with van der Waals surface area (Å²) in [7, 11) is 0. The van der Waals surface area contributed by atoms with Crippen LogP contribution in [-0.4, -0.2) is 24.0 Å². The molecule has 0 aliphatic rings. The molecule has 0 aliphatic carbocycles. The Balaban J connectivity index is 2.97. The number of aliphatic hydroxyl groups is 1. The molecule has 3 N–H and O–H groups in total. The fraction of sp³-hybridized carbons (Fsp3) is 0.800. The molecule has 48 valence electrons. The molecular weight excluding hydrogens is 106 g/mol. The van der Waals surface area contributed by atoms with Crippen molar-refractivity contribution in [3.8, 4) is 0 Å². The van der Waals surface area contributed by atoms with Crippen LogP contribution < -0.4 is 5.73 Å². The number of rotatable bonds is 4. The van der Waals surface area contributed by atoms with Gasteiger partial charge in [-0.3, -0.25) is 0 Å². The lowest BCUT2D eigenvalue weighted by atomic mass is 10.2. The minimum Gasteiger partial charge on any atom is -0.395 e.